The van der Waals surface area contributed by atoms with Gasteiger partial charge in [-0.25, -0.2) is 0 Å². The topological polar surface area (TPSA) is 33.1 Å². The Bertz CT molecular complexity index is 271. The summed E-state index contributed by atoms with van der Waals surface area (Å²) in [5.74, 6) is 2.27. The summed E-state index contributed by atoms with van der Waals surface area (Å²) in [6.07, 6.45) is 8.30. The SMILES string of the molecule is C#C[C@](C)(O)c1cccnc1. The van der Waals surface area contributed by atoms with E-state index in [1.54, 1.807) is 31.5 Å². The molecule has 1 atom stereocenters. The summed E-state index contributed by atoms with van der Waals surface area (Å²) >= 11 is 0. The molecule has 2 nitrogen and oxygen atoms in total. The number of pyridine rings is 1. The van der Waals surface area contributed by atoms with E-state index in [1.165, 1.54) is 0 Å². The standard InChI is InChI=1S/C9H9NO/c1-3-9(2,11)8-5-4-6-10-7-8/h1,4-7,11H,2H3/t9-/m0/s1. The van der Waals surface area contributed by atoms with E-state index in [2.05, 4.69) is 10.9 Å². The number of rotatable bonds is 1. The van der Waals surface area contributed by atoms with Gasteiger partial charge in [0.1, 0.15) is 5.60 Å². The molecule has 1 aromatic heterocycles. The second-order valence-electron chi connectivity index (χ2n) is 2.46. The Labute approximate surface area is 65.9 Å². The minimum atomic E-state index is -1.20. The van der Waals surface area contributed by atoms with Gasteiger partial charge in [0, 0.05) is 18.0 Å². The van der Waals surface area contributed by atoms with Crippen molar-refractivity contribution in [3.05, 3.63) is 30.1 Å². The first-order chi connectivity index (χ1) is 5.17. The smallest absolute Gasteiger partial charge is 0.149 e. The van der Waals surface area contributed by atoms with Crippen molar-refractivity contribution in [1.82, 2.24) is 4.98 Å². The van der Waals surface area contributed by atoms with Crippen LogP contribution < -0.4 is 0 Å². The van der Waals surface area contributed by atoms with Gasteiger partial charge in [-0.1, -0.05) is 12.0 Å². The molecule has 1 N–H and O–H groups in total. The van der Waals surface area contributed by atoms with Gasteiger partial charge >= 0.3 is 0 Å². The fourth-order valence-corrected chi connectivity index (χ4v) is 0.734. The van der Waals surface area contributed by atoms with Gasteiger partial charge in [0.15, 0.2) is 0 Å². The van der Waals surface area contributed by atoms with Crippen LogP contribution in [0.25, 0.3) is 0 Å². The fraction of sp³-hybridized carbons (Fsp3) is 0.222. The zero-order valence-corrected chi connectivity index (χ0v) is 6.28. The van der Waals surface area contributed by atoms with Crippen LogP contribution in [0.5, 0.6) is 0 Å². The van der Waals surface area contributed by atoms with E-state index in [0.29, 0.717) is 5.56 Å². The number of hydrogen-bond acceptors (Lipinski definition) is 2. The molecule has 0 aromatic carbocycles. The van der Waals surface area contributed by atoms with E-state index >= 15 is 0 Å². The van der Waals surface area contributed by atoms with Crippen LogP contribution in [0, 0.1) is 12.3 Å². The molecule has 0 aliphatic carbocycles. The van der Waals surface area contributed by atoms with Crippen molar-refractivity contribution in [3.63, 3.8) is 0 Å². The summed E-state index contributed by atoms with van der Waals surface area (Å²) in [5, 5.41) is 9.52. The lowest BCUT2D eigenvalue weighted by Crippen LogP contribution is -2.17. The third kappa shape index (κ3) is 1.57. The number of aromatic nitrogens is 1. The Balaban J connectivity index is 3.05. The van der Waals surface area contributed by atoms with Gasteiger partial charge in [0.05, 0.1) is 0 Å². The van der Waals surface area contributed by atoms with Crippen LogP contribution in [0.2, 0.25) is 0 Å². The third-order valence-corrected chi connectivity index (χ3v) is 1.50. The van der Waals surface area contributed by atoms with E-state index < -0.39 is 5.60 Å². The van der Waals surface area contributed by atoms with E-state index in [9.17, 15) is 5.11 Å². The zero-order chi connectivity index (χ0) is 8.32. The van der Waals surface area contributed by atoms with E-state index in [1.807, 2.05) is 0 Å². The number of hydrogen-bond donors (Lipinski definition) is 1. The van der Waals surface area contributed by atoms with Gasteiger partial charge in [-0.05, 0) is 13.0 Å². The highest BCUT2D eigenvalue weighted by molar-refractivity contribution is 5.25. The highest BCUT2D eigenvalue weighted by atomic mass is 16.3. The number of aliphatic hydroxyl groups is 1. The van der Waals surface area contributed by atoms with E-state index in [4.69, 9.17) is 6.42 Å². The van der Waals surface area contributed by atoms with Crippen molar-refractivity contribution in [3.8, 4) is 12.3 Å². The molecule has 0 bridgehead atoms. The predicted octanol–water partition coefficient (Wildman–Crippen LogP) is 0.922. The molecule has 0 spiro atoms. The van der Waals surface area contributed by atoms with Gasteiger partial charge in [0.25, 0.3) is 0 Å². The highest BCUT2D eigenvalue weighted by Crippen LogP contribution is 2.16. The van der Waals surface area contributed by atoms with Crippen molar-refractivity contribution >= 4 is 0 Å². The Morgan fingerprint density at radius 1 is 1.73 bits per heavy atom. The maximum absolute atomic E-state index is 9.52. The summed E-state index contributed by atoms with van der Waals surface area (Å²) in [4.78, 5) is 3.84. The van der Waals surface area contributed by atoms with Gasteiger partial charge in [-0.3, -0.25) is 4.98 Å². The van der Waals surface area contributed by atoms with Gasteiger partial charge < -0.3 is 5.11 Å². The lowest BCUT2D eigenvalue weighted by atomic mass is 9.99. The van der Waals surface area contributed by atoms with Crippen LogP contribution >= 0.6 is 0 Å². The van der Waals surface area contributed by atoms with Crippen molar-refractivity contribution in [2.45, 2.75) is 12.5 Å². The van der Waals surface area contributed by atoms with Crippen LogP contribution in [-0.2, 0) is 5.60 Å². The normalized spacial score (nSPS) is 15.0. The average Bonchev–Trinajstić information content (AvgIpc) is 2.06. The number of nitrogens with zero attached hydrogens (tertiary/aromatic N) is 1. The third-order valence-electron chi connectivity index (χ3n) is 1.50. The summed E-state index contributed by atoms with van der Waals surface area (Å²) in [6, 6.07) is 3.48. The first-order valence-electron chi connectivity index (χ1n) is 3.27. The molecule has 56 valence electrons. The van der Waals surface area contributed by atoms with Gasteiger partial charge in [0.2, 0.25) is 0 Å². The van der Waals surface area contributed by atoms with E-state index in [-0.39, 0.29) is 0 Å². The second kappa shape index (κ2) is 2.73. The quantitative estimate of drug-likeness (QED) is 0.599. The fourth-order valence-electron chi connectivity index (χ4n) is 0.734. The molecule has 0 saturated heterocycles. The van der Waals surface area contributed by atoms with Gasteiger partial charge in [-0.15, -0.1) is 6.42 Å². The van der Waals surface area contributed by atoms with Crippen LogP contribution in [-0.4, -0.2) is 10.1 Å². The minimum Gasteiger partial charge on any atom is -0.374 e. The highest BCUT2D eigenvalue weighted by Gasteiger charge is 2.18. The largest absolute Gasteiger partial charge is 0.374 e. The van der Waals surface area contributed by atoms with E-state index in [0.717, 1.165) is 0 Å². The summed E-state index contributed by atoms with van der Waals surface area (Å²) < 4.78 is 0. The Hall–Kier alpha value is -1.33. The molecule has 0 radical (unpaired) electrons. The molecule has 1 aromatic rings. The average molecular weight is 147 g/mol. The Kier molecular flexibility index (Phi) is 1.93. The molecule has 0 amide bonds. The minimum absolute atomic E-state index is 0.641. The molecule has 0 unspecified atom stereocenters. The van der Waals surface area contributed by atoms with Crippen LogP contribution in [0.4, 0.5) is 0 Å². The zero-order valence-electron chi connectivity index (χ0n) is 6.28. The van der Waals surface area contributed by atoms with Gasteiger partial charge in [-0.2, -0.15) is 0 Å². The molecule has 0 saturated carbocycles. The molecule has 11 heavy (non-hydrogen) atoms. The van der Waals surface area contributed by atoms with Crippen LogP contribution in [0.1, 0.15) is 12.5 Å². The maximum Gasteiger partial charge on any atom is 0.149 e. The first-order valence-corrected chi connectivity index (χ1v) is 3.27. The molecule has 2 heteroatoms. The number of terminal acetylenes is 1. The van der Waals surface area contributed by atoms with Crippen molar-refractivity contribution in [1.29, 1.82) is 0 Å². The van der Waals surface area contributed by atoms with Crippen LogP contribution in [0.15, 0.2) is 24.5 Å². The maximum atomic E-state index is 9.52. The van der Waals surface area contributed by atoms with Crippen molar-refractivity contribution < 1.29 is 5.11 Å². The Morgan fingerprint density at radius 3 is 2.91 bits per heavy atom. The summed E-state index contributed by atoms with van der Waals surface area (Å²) in [6.45, 7) is 1.56. The lowest BCUT2D eigenvalue weighted by Gasteiger charge is -2.15. The molecule has 0 aliphatic heterocycles. The lowest BCUT2D eigenvalue weighted by molar-refractivity contribution is 0.122. The molecular formula is C9H9NO. The molecule has 1 rings (SSSR count). The second-order valence-corrected chi connectivity index (χ2v) is 2.46. The molecule has 1 heterocycles. The van der Waals surface area contributed by atoms with Crippen molar-refractivity contribution in [2.75, 3.05) is 0 Å². The predicted molar refractivity (Wildman–Crippen MR) is 42.6 cm³/mol. The molecule has 0 aliphatic rings. The summed E-state index contributed by atoms with van der Waals surface area (Å²) in [5.41, 5.74) is -0.559. The molecular weight excluding hydrogens is 138 g/mol. The van der Waals surface area contributed by atoms with Crippen molar-refractivity contribution in [2.24, 2.45) is 0 Å². The first kappa shape index (κ1) is 7.77. The Morgan fingerprint density at radius 2 is 2.45 bits per heavy atom. The molecule has 0 fully saturated rings. The van der Waals surface area contributed by atoms with Crippen LogP contribution in [0.3, 0.4) is 0 Å². The monoisotopic (exact) mass is 147 g/mol. The summed E-state index contributed by atoms with van der Waals surface area (Å²) in [7, 11) is 0.